The highest BCUT2D eigenvalue weighted by Gasteiger charge is 2.36. The van der Waals surface area contributed by atoms with Crippen LogP contribution in [-0.4, -0.2) is 73.6 Å². The number of rotatable bonds is 19. The number of hydrogen-bond donors (Lipinski definition) is 4. The van der Waals surface area contributed by atoms with Crippen LogP contribution in [0.2, 0.25) is 0 Å². The third-order valence-electron chi connectivity index (χ3n) is 9.19. The number of benzene rings is 1. The van der Waals surface area contributed by atoms with Gasteiger partial charge in [-0.1, -0.05) is 71.4 Å². The second-order valence-electron chi connectivity index (χ2n) is 13.5. The minimum atomic E-state index is -1.21. The van der Waals surface area contributed by atoms with E-state index in [1.807, 2.05) is 58.0 Å². The van der Waals surface area contributed by atoms with Gasteiger partial charge in [-0.25, -0.2) is 4.98 Å². The molecule has 0 radical (unpaired) electrons. The third kappa shape index (κ3) is 11.2. The molecule has 0 saturated heterocycles. The number of amides is 2. The molecular weight excluding hydrogens is 659 g/mol. The number of thiazole rings is 1. The smallest absolute Gasteiger partial charge is 0.306 e. The molecule has 2 heterocycles. The average molecular weight is 712 g/mol. The van der Waals surface area contributed by atoms with Crippen LogP contribution in [0.3, 0.4) is 0 Å². The fourth-order valence-electron chi connectivity index (χ4n) is 5.99. The first kappa shape index (κ1) is 40.4. The quantitative estimate of drug-likeness (QED) is 0.0978. The van der Waals surface area contributed by atoms with Gasteiger partial charge in [0.1, 0.15) is 23.0 Å². The second kappa shape index (κ2) is 18.8. The van der Waals surface area contributed by atoms with Crippen molar-refractivity contribution in [3.05, 3.63) is 76.0 Å². The van der Waals surface area contributed by atoms with Gasteiger partial charge in [-0.2, -0.15) is 0 Å². The summed E-state index contributed by atoms with van der Waals surface area (Å²) in [6.07, 6.45) is 1.44. The molecule has 50 heavy (non-hydrogen) atoms. The molecule has 2 amide bonds. The summed E-state index contributed by atoms with van der Waals surface area (Å²) in [4.78, 5) is 57.5. The van der Waals surface area contributed by atoms with E-state index in [0.717, 1.165) is 5.56 Å². The van der Waals surface area contributed by atoms with Crippen LogP contribution in [0, 0.1) is 17.8 Å². The molecule has 12 nitrogen and oxygen atoms in total. The minimum Gasteiger partial charge on any atom is -0.481 e. The Morgan fingerprint density at radius 2 is 1.72 bits per heavy atom. The van der Waals surface area contributed by atoms with Crippen molar-refractivity contribution in [1.82, 2.24) is 25.1 Å². The summed E-state index contributed by atoms with van der Waals surface area (Å²) in [6, 6.07) is 11.6. The molecule has 0 bridgehead atoms. The zero-order valence-electron chi connectivity index (χ0n) is 30.3. The molecule has 2 aromatic heterocycles. The number of aliphatic hydroxyl groups excluding tert-OH is 1. The van der Waals surface area contributed by atoms with Crippen LogP contribution in [0.5, 0.6) is 0 Å². The number of aliphatic hydroxyl groups is 1. The highest BCUT2D eigenvalue weighted by atomic mass is 32.1. The first-order chi connectivity index (χ1) is 23.6. The second-order valence-corrected chi connectivity index (χ2v) is 14.4. The predicted molar refractivity (Wildman–Crippen MR) is 192 cm³/mol. The number of hydrogen-bond acceptors (Lipinski definition) is 9. The lowest BCUT2D eigenvalue weighted by molar-refractivity contribution is -0.149. The number of ether oxygens (including phenoxy) is 1. The highest BCUT2D eigenvalue weighted by Crippen LogP contribution is 2.32. The van der Waals surface area contributed by atoms with Crippen LogP contribution in [0.4, 0.5) is 0 Å². The SMILES string of the molecule is CC[C@H](C)[C@H](NC(=O)c1cccn1C)C(=O)N(C)[C@H](C[C@@H](OC(C)=O)c1nc(C(O)N[C@@H](Cc2ccccc2)C[C@H](C)C(=O)O)cs1)C(C)C. The summed E-state index contributed by atoms with van der Waals surface area (Å²) in [6.45, 7) is 10.8. The van der Waals surface area contributed by atoms with E-state index in [0.29, 0.717) is 29.2 Å². The Morgan fingerprint density at radius 1 is 1.04 bits per heavy atom. The summed E-state index contributed by atoms with van der Waals surface area (Å²) >= 11 is 1.23. The molecule has 0 aliphatic carbocycles. The molecule has 274 valence electrons. The number of carboxylic acid groups (broad SMARTS) is 1. The van der Waals surface area contributed by atoms with Gasteiger partial charge in [-0.05, 0) is 42.4 Å². The molecule has 0 aliphatic rings. The normalized spacial score (nSPS) is 15.7. The van der Waals surface area contributed by atoms with E-state index in [9.17, 15) is 29.4 Å². The van der Waals surface area contributed by atoms with Gasteiger partial charge in [0, 0.05) is 51.1 Å². The van der Waals surface area contributed by atoms with Gasteiger partial charge in [0.05, 0.1) is 11.6 Å². The van der Waals surface area contributed by atoms with Crippen molar-refractivity contribution in [2.45, 2.75) is 97.7 Å². The Labute approximate surface area is 299 Å². The van der Waals surface area contributed by atoms with Gasteiger partial charge >= 0.3 is 11.9 Å². The standard InChI is InChI=1S/C37H53N5O7S/c1-9-23(4)32(40-34(45)29-16-13-17-41(29)7)36(46)42(8)30(22(2)3)20-31(49-25(6)43)35-39-28(21-50-35)33(44)38-27(18-24(5)37(47)48)19-26-14-11-10-12-15-26/h10-17,21-24,27,30-33,38,44H,9,18-20H2,1-8H3,(H,40,45)(H,47,48)/t23-,24-,27+,30+,31+,32-,33?/m0/s1. The van der Waals surface area contributed by atoms with Gasteiger partial charge in [-0.3, -0.25) is 24.5 Å². The Balaban J connectivity index is 1.82. The van der Waals surface area contributed by atoms with Gasteiger partial charge < -0.3 is 29.7 Å². The summed E-state index contributed by atoms with van der Waals surface area (Å²) in [5.74, 6) is -2.86. The molecule has 0 aliphatic heterocycles. The fourth-order valence-corrected chi connectivity index (χ4v) is 6.87. The lowest BCUT2D eigenvalue weighted by atomic mass is 9.93. The Morgan fingerprint density at radius 3 is 2.28 bits per heavy atom. The molecule has 0 saturated carbocycles. The number of carbonyl (C=O) groups is 4. The number of esters is 1. The van der Waals surface area contributed by atoms with Crippen LogP contribution in [-0.2, 0) is 32.6 Å². The molecule has 7 atom stereocenters. The van der Waals surface area contributed by atoms with E-state index in [1.165, 1.54) is 18.3 Å². The van der Waals surface area contributed by atoms with E-state index in [4.69, 9.17) is 4.74 Å². The maximum Gasteiger partial charge on any atom is 0.306 e. The zero-order valence-corrected chi connectivity index (χ0v) is 31.1. The minimum absolute atomic E-state index is 0.0511. The van der Waals surface area contributed by atoms with Crippen molar-refractivity contribution < 1.29 is 34.1 Å². The van der Waals surface area contributed by atoms with Crippen molar-refractivity contribution in [2.24, 2.45) is 24.8 Å². The summed E-state index contributed by atoms with van der Waals surface area (Å²) in [5, 5.41) is 29.0. The summed E-state index contributed by atoms with van der Waals surface area (Å²) in [7, 11) is 3.47. The number of carbonyl (C=O) groups excluding carboxylic acids is 3. The largest absolute Gasteiger partial charge is 0.481 e. The maximum atomic E-state index is 14.1. The number of carboxylic acids is 1. The number of nitrogens with one attached hydrogen (secondary N) is 2. The van der Waals surface area contributed by atoms with Crippen LogP contribution < -0.4 is 10.6 Å². The van der Waals surface area contributed by atoms with Crippen molar-refractivity contribution in [3.8, 4) is 0 Å². The van der Waals surface area contributed by atoms with Gasteiger partial charge in [0.25, 0.3) is 5.91 Å². The van der Waals surface area contributed by atoms with E-state index >= 15 is 0 Å². The Bertz CT molecular complexity index is 1560. The molecule has 3 aromatic rings. The molecule has 4 N–H and O–H groups in total. The van der Waals surface area contributed by atoms with Gasteiger partial charge in [0.15, 0.2) is 6.10 Å². The van der Waals surface area contributed by atoms with Crippen LogP contribution in [0.1, 0.15) is 99.9 Å². The van der Waals surface area contributed by atoms with E-state index in [-0.39, 0.29) is 42.5 Å². The van der Waals surface area contributed by atoms with Crippen molar-refractivity contribution >= 4 is 35.1 Å². The highest BCUT2D eigenvalue weighted by molar-refractivity contribution is 7.09. The average Bonchev–Trinajstić information content (AvgIpc) is 3.74. The molecule has 0 spiro atoms. The number of aromatic nitrogens is 2. The number of aliphatic carboxylic acids is 1. The van der Waals surface area contributed by atoms with E-state index < -0.39 is 42.3 Å². The molecule has 1 unspecified atom stereocenters. The number of aryl methyl sites for hydroxylation is 1. The fraction of sp³-hybridized carbons (Fsp3) is 0.541. The number of nitrogens with zero attached hydrogens (tertiary/aromatic N) is 3. The monoisotopic (exact) mass is 711 g/mol. The topological polar surface area (TPSA) is 163 Å². The van der Waals surface area contributed by atoms with Gasteiger partial charge in [-0.15, -0.1) is 11.3 Å². The number of likely N-dealkylation sites (N-methyl/N-ethyl adjacent to an activating group) is 1. The van der Waals surface area contributed by atoms with E-state index in [1.54, 1.807) is 54.2 Å². The van der Waals surface area contributed by atoms with Gasteiger partial charge in [0.2, 0.25) is 5.91 Å². The molecule has 13 heteroatoms. The Hall–Kier alpha value is -4.07. The zero-order chi connectivity index (χ0) is 37.1. The van der Waals surface area contributed by atoms with E-state index in [2.05, 4.69) is 15.6 Å². The molecule has 0 fully saturated rings. The lowest BCUT2D eigenvalue weighted by Gasteiger charge is -2.37. The van der Waals surface area contributed by atoms with Crippen LogP contribution in [0.15, 0.2) is 54.0 Å². The lowest BCUT2D eigenvalue weighted by Crippen LogP contribution is -2.54. The van der Waals surface area contributed by atoms with Crippen LogP contribution >= 0.6 is 11.3 Å². The predicted octanol–water partition coefficient (Wildman–Crippen LogP) is 5.11. The molecular formula is C37H53N5O7S. The third-order valence-corrected chi connectivity index (χ3v) is 10.1. The summed E-state index contributed by atoms with van der Waals surface area (Å²) in [5.41, 5.74) is 1.76. The summed E-state index contributed by atoms with van der Waals surface area (Å²) < 4.78 is 7.47. The van der Waals surface area contributed by atoms with Crippen LogP contribution in [0.25, 0.3) is 0 Å². The van der Waals surface area contributed by atoms with Crippen molar-refractivity contribution in [1.29, 1.82) is 0 Å². The first-order valence-electron chi connectivity index (χ1n) is 17.1. The maximum absolute atomic E-state index is 14.1. The first-order valence-corrected chi connectivity index (χ1v) is 18.0. The Kier molecular flexibility index (Phi) is 15.2. The van der Waals surface area contributed by atoms with Crippen molar-refractivity contribution in [2.75, 3.05) is 7.05 Å². The molecule has 3 rings (SSSR count). The molecule has 1 aromatic carbocycles. The van der Waals surface area contributed by atoms with Crippen molar-refractivity contribution in [3.63, 3.8) is 0 Å².